The molecule has 0 N–H and O–H groups in total. The molecule has 26 heavy (non-hydrogen) atoms. The molecule has 1 saturated heterocycles. The Morgan fingerprint density at radius 2 is 1.73 bits per heavy atom. The molecule has 8 nitrogen and oxygen atoms in total. The first kappa shape index (κ1) is 17.6. The third kappa shape index (κ3) is 3.39. The third-order valence-corrected chi connectivity index (χ3v) is 8.07. The third-order valence-electron chi connectivity index (χ3n) is 4.08. The average molecular weight is 455 g/mol. The van der Waals surface area contributed by atoms with E-state index >= 15 is 0 Å². The molecule has 1 fully saturated rings. The monoisotopic (exact) mass is 454 g/mol. The Kier molecular flexibility index (Phi) is 4.78. The molecule has 0 unspecified atom stereocenters. The largest absolute Gasteiger partial charge is 0.352 e. The standard InChI is InChI=1S/C15H15BrN6O2S2/c16-12-2-5-15(25-12)26(23,24)21-10-8-20(9-11-21)13-3-4-14(19-18-13)22-7-1-6-17-22/h1-7H,8-11H2. The van der Waals surface area contributed by atoms with Gasteiger partial charge < -0.3 is 4.90 Å². The summed E-state index contributed by atoms with van der Waals surface area (Å²) >= 11 is 4.54. The maximum atomic E-state index is 12.7. The van der Waals surface area contributed by atoms with Crippen molar-refractivity contribution in [3.05, 3.63) is 46.5 Å². The van der Waals surface area contributed by atoms with Gasteiger partial charge in [0, 0.05) is 38.6 Å². The summed E-state index contributed by atoms with van der Waals surface area (Å²) in [5.41, 5.74) is 0. The van der Waals surface area contributed by atoms with Gasteiger partial charge in [0.15, 0.2) is 11.6 Å². The maximum absolute atomic E-state index is 12.7. The normalized spacial score (nSPS) is 16.1. The topological polar surface area (TPSA) is 84.2 Å². The van der Waals surface area contributed by atoms with E-state index in [-0.39, 0.29) is 0 Å². The van der Waals surface area contributed by atoms with E-state index in [0.29, 0.717) is 36.2 Å². The Morgan fingerprint density at radius 3 is 2.31 bits per heavy atom. The minimum Gasteiger partial charge on any atom is -0.352 e. The molecule has 136 valence electrons. The predicted octanol–water partition coefficient (Wildman–Crippen LogP) is 2.00. The molecule has 11 heteroatoms. The highest BCUT2D eigenvalue weighted by Crippen LogP contribution is 2.29. The summed E-state index contributed by atoms with van der Waals surface area (Å²) in [6.45, 7) is 1.98. The number of thiophene rings is 1. The van der Waals surface area contributed by atoms with Crippen molar-refractivity contribution in [1.29, 1.82) is 0 Å². The number of aromatic nitrogens is 4. The van der Waals surface area contributed by atoms with Crippen LogP contribution in [0.1, 0.15) is 0 Å². The van der Waals surface area contributed by atoms with Gasteiger partial charge in [0.05, 0.1) is 3.79 Å². The van der Waals surface area contributed by atoms with E-state index in [1.54, 1.807) is 29.2 Å². The molecular weight excluding hydrogens is 440 g/mol. The summed E-state index contributed by atoms with van der Waals surface area (Å²) in [7, 11) is -3.44. The molecule has 3 aromatic heterocycles. The Labute approximate surface area is 163 Å². The molecule has 3 aromatic rings. The summed E-state index contributed by atoms with van der Waals surface area (Å²) in [6, 6.07) is 8.94. The van der Waals surface area contributed by atoms with Crippen LogP contribution in [0.2, 0.25) is 0 Å². The molecule has 4 rings (SSSR count). The summed E-state index contributed by atoms with van der Waals surface area (Å²) in [4.78, 5) is 2.04. The van der Waals surface area contributed by atoms with Crippen LogP contribution in [0.15, 0.2) is 50.7 Å². The van der Waals surface area contributed by atoms with Crippen LogP contribution in [-0.4, -0.2) is 58.9 Å². The molecule has 0 bridgehead atoms. The van der Waals surface area contributed by atoms with Crippen LogP contribution in [0, 0.1) is 0 Å². The first-order valence-corrected chi connectivity index (χ1v) is 10.9. The first-order chi connectivity index (χ1) is 12.5. The number of hydrogen-bond donors (Lipinski definition) is 0. The summed E-state index contributed by atoms with van der Waals surface area (Å²) < 4.78 is 29.7. The fourth-order valence-electron chi connectivity index (χ4n) is 2.73. The van der Waals surface area contributed by atoms with Crippen molar-refractivity contribution >= 4 is 43.1 Å². The highest BCUT2D eigenvalue weighted by atomic mass is 79.9. The van der Waals surface area contributed by atoms with E-state index in [2.05, 4.69) is 31.2 Å². The van der Waals surface area contributed by atoms with Crippen molar-refractivity contribution < 1.29 is 8.42 Å². The van der Waals surface area contributed by atoms with Crippen LogP contribution >= 0.6 is 27.3 Å². The van der Waals surface area contributed by atoms with Crippen LogP contribution < -0.4 is 4.90 Å². The highest BCUT2D eigenvalue weighted by molar-refractivity contribution is 9.11. The molecular formula is C15H15BrN6O2S2. The average Bonchev–Trinajstić information content (AvgIpc) is 3.34. The molecule has 4 heterocycles. The number of anilines is 1. The second-order valence-electron chi connectivity index (χ2n) is 5.65. The lowest BCUT2D eigenvalue weighted by atomic mass is 10.3. The van der Waals surface area contributed by atoms with Gasteiger partial charge in [-0.3, -0.25) is 0 Å². The number of piperazine rings is 1. The molecule has 0 radical (unpaired) electrons. The van der Waals surface area contributed by atoms with E-state index < -0.39 is 10.0 Å². The van der Waals surface area contributed by atoms with Gasteiger partial charge in [-0.15, -0.1) is 21.5 Å². The number of hydrogen-bond acceptors (Lipinski definition) is 7. The van der Waals surface area contributed by atoms with Gasteiger partial charge in [-0.1, -0.05) is 0 Å². The SMILES string of the molecule is O=S(=O)(c1ccc(Br)s1)N1CCN(c2ccc(-n3cccn3)nn2)CC1. The Balaban J connectivity index is 1.43. The molecule has 0 atom stereocenters. The Hall–Kier alpha value is -1.82. The zero-order valence-corrected chi connectivity index (χ0v) is 16.8. The zero-order valence-electron chi connectivity index (χ0n) is 13.6. The molecule has 1 aliphatic heterocycles. The van der Waals surface area contributed by atoms with E-state index in [1.807, 2.05) is 23.1 Å². The number of halogens is 1. The minimum absolute atomic E-state index is 0.362. The van der Waals surface area contributed by atoms with Crippen LogP contribution in [0.3, 0.4) is 0 Å². The van der Waals surface area contributed by atoms with Gasteiger partial charge in [0.2, 0.25) is 0 Å². The summed E-state index contributed by atoms with van der Waals surface area (Å²) in [6.07, 6.45) is 3.48. The second kappa shape index (κ2) is 7.06. The number of nitrogens with zero attached hydrogens (tertiary/aromatic N) is 6. The van der Waals surface area contributed by atoms with Crippen LogP contribution in [-0.2, 0) is 10.0 Å². The zero-order chi connectivity index (χ0) is 18.1. The van der Waals surface area contributed by atoms with E-state index in [4.69, 9.17) is 0 Å². The molecule has 0 saturated carbocycles. The molecule has 0 spiro atoms. The molecule has 1 aliphatic rings. The molecule has 0 aromatic carbocycles. The summed E-state index contributed by atoms with van der Waals surface area (Å²) in [5, 5.41) is 12.6. The lowest BCUT2D eigenvalue weighted by molar-refractivity contribution is 0.384. The fraction of sp³-hybridized carbons (Fsp3) is 0.267. The Bertz CT molecular complexity index is 980. The minimum atomic E-state index is -3.44. The highest BCUT2D eigenvalue weighted by Gasteiger charge is 2.30. The van der Waals surface area contributed by atoms with Gasteiger partial charge >= 0.3 is 0 Å². The van der Waals surface area contributed by atoms with Crippen LogP contribution in [0.4, 0.5) is 5.82 Å². The van der Waals surface area contributed by atoms with Gasteiger partial charge in [-0.25, -0.2) is 13.1 Å². The maximum Gasteiger partial charge on any atom is 0.252 e. The number of rotatable bonds is 4. The molecule has 0 aliphatic carbocycles. The van der Waals surface area contributed by atoms with Gasteiger partial charge in [0.1, 0.15) is 4.21 Å². The lowest BCUT2D eigenvalue weighted by Crippen LogP contribution is -2.48. The number of sulfonamides is 1. The van der Waals surface area contributed by atoms with Crippen molar-refractivity contribution in [2.24, 2.45) is 0 Å². The first-order valence-electron chi connectivity index (χ1n) is 7.88. The molecule has 0 amide bonds. The van der Waals surface area contributed by atoms with Gasteiger partial charge in [-0.05, 0) is 46.3 Å². The van der Waals surface area contributed by atoms with Crippen molar-refractivity contribution in [2.45, 2.75) is 4.21 Å². The predicted molar refractivity (Wildman–Crippen MR) is 102 cm³/mol. The second-order valence-corrected chi connectivity index (χ2v) is 10.3. The van der Waals surface area contributed by atoms with Crippen molar-refractivity contribution in [3.8, 4) is 5.82 Å². The quantitative estimate of drug-likeness (QED) is 0.599. The smallest absolute Gasteiger partial charge is 0.252 e. The van der Waals surface area contributed by atoms with Crippen LogP contribution in [0.25, 0.3) is 5.82 Å². The Morgan fingerprint density at radius 1 is 1.00 bits per heavy atom. The van der Waals surface area contributed by atoms with E-state index in [1.165, 1.54) is 15.6 Å². The lowest BCUT2D eigenvalue weighted by Gasteiger charge is -2.34. The van der Waals surface area contributed by atoms with Crippen molar-refractivity contribution in [1.82, 2.24) is 24.3 Å². The van der Waals surface area contributed by atoms with Gasteiger partial charge in [-0.2, -0.15) is 9.40 Å². The van der Waals surface area contributed by atoms with Crippen LogP contribution in [0.5, 0.6) is 0 Å². The van der Waals surface area contributed by atoms with E-state index in [0.717, 1.165) is 9.60 Å². The van der Waals surface area contributed by atoms with Crippen molar-refractivity contribution in [3.63, 3.8) is 0 Å². The van der Waals surface area contributed by atoms with Crippen molar-refractivity contribution in [2.75, 3.05) is 31.1 Å². The summed E-state index contributed by atoms with van der Waals surface area (Å²) in [5.74, 6) is 1.38. The van der Waals surface area contributed by atoms with Gasteiger partial charge in [0.25, 0.3) is 10.0 Å². The fourth-order valence-corrected chi connectivity index (χ4v) is 6.32. The van der Waals surface area contributed by atoms with E-state index in [9.17, 15) is 8.42 Å².